The van der Waals surface area contributed by atoms with Gasteiger partial charge in [0.2, 0.25) is 5.91 Å². The lowest BCUT2D eigenvalue weighted by Gasteiger charge is -2.05. The van der Waals surface area contributed by atoms with Crippen LogP contribution in [0, 0.1) is 17.7 Å². The van der Waals surface area contributed by atoms with Crippen molar-refractivity contribution in [1.82, 2.24) is 0 Å². The smallest absolute Gasteiger partial charge is 0.228 e. The van der Waals surface area contributed by atoms with Gasteiger partial charge in [0.15, 0.2) is 0 Å². The summed E-state index contributed by atoms with van der Waals surface area (Å²) in [7, 11) is 0. The minimum absolute atomic E-state index is 0.171. The quantitative estimate of drug-likeness (QED) is 0.850. The monoisotopic (exact) mass is 283 g/mol. The molecule has 1 amide bonds. The van der Waals surface area contributed by atoms with E-state index in [-0.39, 0.29) is 24.8 Å². The lowest BCUT2D eigenvalue weighted by Crippen LogP contribution is -2.14. The largest absolute Gasteiger partial charge is 0.384 e. The van der Waals surface area contributed by atoms with Crippen LogP contribution in [0.2, 0.25) is 0 Å². The molecule has 0 fully saturated rings. The normalized spacial score (nSPS) is 9.62. The van der Waals surface area contributed by atoms with Crippen molar-refractivity contribution >= 4 is 11.6 Å². The van der Waals surface area contributed by atoms with Crippen molar-refractivity contribution in [2.45, 2.75) is 6.42 Å². The zero-order chi connectivity index (χ0) is 15.1. The van der Waals surface area contributed by atoms with E-state index in [1.807, 2.05) is 0 Å². The second-order valence-corrected chi connectivity index (χ2v) is 4.39. The number of anilines is 1. The van der Waals surface area contributed by atoms with E-state index in [2.05, 4.69) is 17.2 Å². The number of halogens is 1. The predicted molar refractivity (Wildman–Crippen MR) is 79.1 cm³/mol. The Hall–Kier alpha value is -2.64. The van der Waals surface area contributed by atoms with Crippen LogP contribution in [-0.2, 0) is 11.2 Å². The fourth-order valence-corrected chi connectivity index (χ4v) is 1.77. The van der Waals surface area contributed by atoms with Crippen LogP contribution in [0.15, 0.2) is 48.5 Å². The molecule has 21 heavy (non-hydrogen) atoms. The summed E-state index contributed by atoms with van der Waals surface area (Å²) in [6.07, 6.45) is 0.187. The predicted octanol–water partition coefficient (Wildman–Crippen LogP) is 2.35. The Balaban J connectivity index is 1.94. The minimum atomic E-state index is -0.321. The summed E-state index contributed by atoms with van der Waals surface area (Å²) in [5, 5.41) is 11.4. The van der Waals surface area contributed by atoms with Gasteiger partial charge in [-0.1, -0.05) is 24.0 Å². The van der Waals surface area contributed by atoms with Gasteiger partial charge in [0.1, 0.15) is 12.4 Å². The van der Waals surface area contributed by atoms with Crippen LogP contribution in [0.4, 0.5) is 10.1 Å². The number of aliphatic hydroxyl groups is 1. The van der Waals surface area contributed by atoms with Crippen LogP contribution in [0.3, 0.4) is 0 Å². The first-order chi connectivity index (χ1) is 10.2. The van der Waals surface area contributed by atoms with Crippen molar-refractivity contribution in [1.29, 1.82) is 0 Å². The molecule has 0 saturated carbocycles. The van der Waals surface area contributed by atoms with E-state index in [0.29, 0.717) is 5.69 Å². The highest BCUT2D eigenvalue weighted by atomic mass is 19.1. The summed E-state index contributed by atoms with van der Waals surface area (Å²) in [4.78, 5) is 11.9. The van der Waals surface area contributed by atoms with Crippen molar-refractivity contribution in [3.63, 3.8) is 0 Å². The molecule has 106 valence electrons. The first-order valence-electron chi connectivity index (χ1n) is 6.41. The summed E-state index contributed by atoms with van der Waals surface area (Å²) < 4.78 is 12.8. The fourth-order valence-electron chi connectivity index (χ4n) is 1.77. The van der Waals surface area contributed by atoms with E-state index in [1.165, 1.54) is 12.1 Å². The second-order valence-electron chi connectivity index (χ2n) is 4.39. The molecule has 0 aliphatic heterocycles. The lowest BCUT2D eigenvalue weighted by molar-refractivity contribution is -0.115. The molecule has 2 aromatic rings. The van der Waals surface area contributed by atoms with Crippen molar-refractivity contribution in [3.8, 4) is 11.8 Å². The van der Waals surface area contributed by atoms with E-state index in [1.54, 1.807) is 36.4 Å². The average molecular weight is 283 g/mol. The maximum atomic E-state index is 12.8. The summed E-state index contributed by atoms with van der Waals surface area (Å²) >= 11 is 0. The topological polar surface area (TPSA) is 49.3 Å². The average Bonchev–Trinajstić information content (AvgIpc) is 2.49. The Morgan fingerprint density at radius 3 is 2.38 bits per heavy atom. The minimum Gasteiger partial charge on any atom is -0.384 e. The summed E-state index contributed by atoms with van der Waals surface area (Å²) in [6.45, 7) is -0.184. The number of carbonyl (C=O) groups is 1. The number of aliphatic hydroxyl groups excluding tert-OH is 1. The van der Waals surface area contributed by atoms with E-state index in [4.69, 9.17) is 5.11 Å². The first kappa shape index (κ1) is 14.8. The third-order valence-corrected chi connectivity index (χ3v) is 2.76. The molecule has 2 aromatic carbocycles. The van der Waals surface area contributed by atoms with Gasteiger partial charge in [-0.3, -0.25) is 4.79 Å². The Morgan fingerprint density at radius 2 is 1.76 bits per heavy atom. The zero-order valence-electron chi connectivity index (χ0n) is 11.3. The van der Waals surface area contributed by atoms with Gasteiger partial charge in [-0.2, -0.15) is 0 Å². The number of nitrogens with one attached hydrogen (secondary N) is 1. The molecule has 0 unspecified atom stereocenters. The molecule has 2 rings (SSSR count). The van der Waals surface area contributed by atoms with Crippen LogP contribution in [-0.4, -0.2) is 17.6 Å². The fraction of sp³-hybridized carbons (Fsp3) is 0.118. The van der Waals surface area contributed by atoms with Gasteiger partial charge in [-0.05, 0) is 42.0 Å². The molecule has 0 saturated heterocycles. The van der Waals surface area contributed by atoms with Gasteiger partial charge >= 0.3 is 0 Å². The molecule has 0 bridgehead atoms. The summed E-state index contributed by atoms with van der Waals surface area (Å²) in [5.74, 6) is 4.83. The molecular weight excluding hydrogens is 269 g/mol. The molecule has 0 aromatic heterocycles. The van der Waals surface area contributed by atoms with Gasteiger partial charge in [0.05, 0.1) is 6.42 Å². The van der Waals surface area contributed by atoms with E-state index in [0.717, 1.165) is 11.1 Å². The number of hydrogen-bond donors (Lipinski definition) is 2. The Bertz CT molecular complexity index is 667. The van der Waals surface area contributed by atoms with Crippen molar-refractivity contribution in [2.75, 3.05) is 11.9 Å². The van der Waals surface area contributed by atoms with Gasteiger partial charge in [0, 0.05) is 11.3 Å². The molecule has 0 spiro atoms. The number of amides is 1. The van der Waals surface area contributed by atoms with Crippen molar-refractivity contribution in [2.24, 2.45) is 0 Å². The zero-order valence-corrected chi connectivity index (χ0v) is 11.3. The molecule has 0 atom stereocenters. The number of benzene rings is 2. The van der Waals surface area contributed by atoms with Crippen LogP contribution in [0.5, 0.6) is 0 Å². The lowest BCUT2D eigenvalue weighted by atomic mass is 10.1. The Morgan fingerprint density at radius 1 is 1.10 bits per heavy atom. The maximum Gasteiger partial charge on any atom is 0.228 e. The van der Waals surface area contributed by atoms with Crippen molar-refractivity contribution < 1.29 is 14.3 Å². The van der Waals surface area contributed by atoms with E-state index in [9.17, 15) is 9.18 Å². The number of hydrogen-bond acceptors (Lipinski definition) is 2. The van der Waals surface area contributed by atoms with E-state index >= 15 is 0 Å². The molecule has 0 aliphatic carbocycles. The molecule has 0 aliphatic rings. The van der Waals surface area contributed by atoms with E-state index < -0.39 is 0 Å². The highest BCUT2D eigenvalue weighted by Gasteiger charge is 2.04. The van der Waals surface area contributed by atoms with Crippen LogP contribution < -0.4 is 5.32 Å². The standard InChI is InChI=1S/C17H14FNO2/c18-15-7-3-14(4-8-15)12-17(21)19-16-9-5-13(6-10-16)2-1-11-20/h3-10,20H,11-12H2,(H,19,21). The molecule has 0 radical (unpaired) electrons. The summed E-state index contributed by atoms with van der Waals surface area (Å²) in [6, 6.07) is 12.8. The molecule has 4 heteroatoms. The van der Waals surface area contributed by atoms with Gasteiger partial charge in [0.25, 0.3) is 0 Å². The van der Waals surface area contributed by atoms with Gasteiger partial charge in [-0.15, -0.1) is 0 Å². The third-order valence-electron chi connectivity index (χ3n) is 2.76. The van der Waals surface area contributed by atoms with Crippen molar-refractivity contribution in [3.05, 3.63) is 65.5 Å². The van der Waals surface area contributed by atoms with Gasteiger partial charge < -0.3 is 10.4 Å². The van der Waals surface area contributed by atoms with Crippen LogP contribution in [0.25, 0.3) is 0 Å². The molecule has 2 N–H and O–H groups in total. The Kier molecular flexibility index (Phi) is 5.08. The summed E-state index contributed by atoms with van der Waals surface area (Å²) in [5.41, 5.74) is 2.18. The second kappa shape index (κ2) is 7.22. The Labute approximate surface area is 122 Å². The highest BCUT2D eigenvalue weighted by molar-refractivity contribution is 5.92. The highest BCUT2D eigenvalue weighted by Crippen LogP contribution is 2.10. The van der Waals surface area contributed by atoms with Crippen LogP contribution >= 0.6 is 0 Å². The van der Waals surface area contributed by atoms with Crippen LogP contribution in [0.1, 0.15) is 11.1 Å². The number of carbonyl (C=O) groups excluding carboxylic acids is 1. The molecular formula is C17H14FNO2. The van der Waals surface area contributed by atoms with Gasteiger partial charge in [-0.25, -0.2) is 4.39 Å². The maximum absolute atomic E-state index is 12.8. The first-order valence-corrected chi connectivity index (χ1v) is 6.41. The number of rotatable bonds is 3. The molecule has 0 heterocycles. The SMILES string of the molecule is O=C(Cc1ccc(F)cc1)Nc1ccc(C#CCO)cc1. The third kappa shape index (κ3) is 4.75. The molecule has 3 nitrogen and oxygen atoms in total.